The number of methoxy groups -OCH3 is 1. The van der Waals surface area contributed by atoms with E-state index in [9.17, 15) is 12.8 Å². The number of hydrogen-bond donors (Lipinski definition) is 1. The van der Waals surface area contributed by atoms with Gasteiger partial charge in [-0.3, -0.25) is 0 Å². The van der Waals surface area contributed by atoms with E-state index in [1.165, 1.54) is 12.1 Å². The van der Waals surface area contributed by atoms with Crippen LogP contribution in [-0.4, -0.2) is 21.1 Å². The lowest BCUT2D eigenvalue weighted by molar-refractivity contribution is 0.0700. The average molecular weight is 379 g/mol. The van der Waals surface area contributed by atoms with Gasteiger partial charge >= 0.3 is 0 Å². The number of ether oxygens (including phenoxy) is 2. The van der Waals surface area contributed by atoms with Crippen LogP contribution in [0.3, 0.4) is 0 Å². The van der Waals surface area contributed by atoms with Crippen LogP contribution in [0.4, 0.5) is 4.39 Å². The molecule has 5 nitrogen and oxygen atoms in total. The number of halogens is 1. The molecule has 1 heterocycles. The van der Waals surface area contributed by atoms with Gasteiger partial charge in [-0.25, -0.2) is 17.5 Å². The number of aryl methyl sites for hydroxylation is 1. The molecular formula is C19H22FNO4S. The molecule has 0 amide bonds. The van der Waals surface area contributed by atoms with Crippen molar-refractivity contribution in [2.45, 2.75) is 43.7 Å². The molecule has 1 aliphatic rings. The second-order valence-electron chi connectivity index (χ2n) is 7.05. The third-order valence-electron chi connectivity index (χ3n) is 4.40. The molecule has 1 unspecified atom stereocenters. The Kier molecular flexibility index (Phi) is 4.71. The van der Waals surface area contributed by atoms with Gasteiger partial charge in [0.1, 0.15) is 22.9 Å². The summed E-state index contributed by atoms with van der Waals surface area (Å²) in [6.07, 6.45) is 0.451. The van der Waals surface area contributed by atoms with Gasteiger partial charge in [-0.05, 0) is 62.7 Å². The molecule has 2 aromatic rings. The first kappa shape index (κ1) is 18.7. The highest BCUT2D eigenvalue weighted by atomic mass is 32.2. The van der Waals surface area contributed by atoms with Crippen LogP contribution >= 0.6 is 0 Å². The maximum absolute atomic E-state index is 13.3. The fraction of sp³-hybridized carbons (Fsp3) is 0.368. The highest BCUT2D eigenvalue weighted by Gasteiger charge is 2.36. The lowest BCUT2D eigenvalue weighted by Crippen LogP contribution is -2.41. The molecule has 1 N–H and O–H groups in total. The smallest absolute Gasteiger partial charge is 0.241 e. The van der Waals surface area contributed by atoms with Gasteiger partial charge in [0.25, 0.3) is 0 Å². The van der Waals surface area contributed by atoms with Gasteiger partial charge in [-0.15, -0.1) is 0 Å². The maximum Gasteiger partial charge on any atom is 0.241 e. The Balaban J connectivity index is 2.01. The molecular weight excluding hydrogens is 357 g/mol. The van der Waals surface area contributed by atoms with E-state index in [0.29, 0.717) is 29.0 Å². The zero-order chi connectivity index (χ0) is 19.1. The molecule has 0 saturated carbocycles. The molecule has 0 bridgehead atoms. The van der Waals surface area contributed by atoms with Gasteiger partial charge in [0.15, 0.2) is 0 Å². The Bertz CT molecular complexity index is 941. The van der Waals surface area contributed by atoms with Crippen molar-refractivity contribution in [3.8, 4) is 11.5 Å². The molecule has 140 valence electrons. The largest absolute Gasteiger partial charge is 0.497 e. The van der Waals surface area contributed by atoms with Crippen molar-refractivity contribution in [3.63, 3.8) is 0 Å². The van der Waals surface area contributed by atoms with E-state index >= 15 is 0 Å². The third kappa shape index (κ3) is 3.68. The summed E-state index contributed by atoms with van der Waals surface area (Å²) < 4.78 is 53.1. The first-order valence-corrected chi connectivity index (χ1v) is 9.75. The Morgan fingerprint density at radius 2 is 1.96 bits per heavy atom. The molecule has 3 rings (SSSR count). The first-order valence-electron chi connectivity index (χ1n) is 8.27. The summed E-state index contributed by atoms with van der Waals surface area (Å²) >= 11 is 0. The lowest BCUT2D eigenvalue weighted by Gasteiger charge is -2.38. The maximum atomic E-state index is 13.3. The summed E-state index contributed by atoms with van der Waals surface area (Å²) in [5, 5.41) is 0. The molecule has 1 aliphatic heterocycles. The minimum absolute atomic E-state index is 0.0626. The molecule has 0 saturated heterocycles. The summed E-state index contributed by atoms with van der Waals surface area (Å²) in [5.41, 5.74) is 0.536. The molecule has 0 fully saturated rings. The topological polar surface area (TPSA) is 64.6 Å². The normalized spacial score (nSPS) is 18.7. The summed E-state index contributed by atoms with van der Waals surface area (Å²) in [6, 6.07) is 8.47. The number of hydrogen-bond acceptors (Lipinski definition) is 4. The minimum atomic E-state index is -3.83. The molecule has 1 atom stereocenters. The monoisotopic (exact) mass is 379 g/mol. The first-order chi connectivity index (χ1) is 12.1. The summed E-state index contributed by atoms with van der Waals surface area (Å²) in [4.78, 5) is 0.0626. The number of nitrogens with one attached hydrogen (secondary N) is 1. The van der Waals surface area contributed by atoms with Crippen LogP contribution in [0, 0.1) is 12.7 Å². The molecule has 0 spiro atoms. The SMILES string of the molecule is COc1ccc2c(c1)C(NS(=O)(=O)c1ccc(F)cc1C)CC(C)(C)O2. The van der Waals surface area contributed by atoms with E-state index in [2.05, 4.69) is 4.72 Å². The van der Waals surface area contributed by atoms with Crippen LogP contribution in [0.5, 0.6) is 11.5 Å². The van der Waals surface area contributed by atoms with E-state index in [0.717, 1.165) is 6.07 Å². The minimum Gasteiger partial charge on any atom is -0.497 e. The van der Waals surface area contributed by atoms with Gasteiger partial charge in [-0.1, -0.05) is 0 Å². The summed E-state index contributed by atoms with van der Waals surface area (Å²) in [5.74, 6) is 0.767. The van der Waals surface area contributed by atoms with E-state index in [1.807, 2.05) is 13.8 Å². The predicted molar refractivity (Wildman–Crippen MR) is 96.5 cm³/mol. The predicted octanol–water partition coefficient (Wildman–Crippen LogP) is 3.72. The lowest BCUT2D eigenvalue weighted by atomic mass is 9.90. The number of sulfonamides is 1. The van der Waals surface area contributed by atoms with Crippen LogP contribution in [0.2, 0.25) is 0 Å². The van der Waals surface area contributed by atoms with Gasteiger partial charge in [-0.2, -0.15) is 0 Å². The second kappa shape index (κ2) is 6.55. The number of benzene rings is 2. The van der Waals surface area contributed by atoms with E-state index < -0.39 is 27.5 Å². The summed E-state index contributed by atoms with van der Waals surface area (Å²) in [7, 11) is -2.28. The zero-order valence-electron chi connectivity index (χ0n) is 15.2. The van der Waals surface area contributed by atoms with Crippen molar-refractivity contribution in [2.24, 2.45) is 0 Å². The second-order valence-corrected chi connectivity index (χ2v) is 8.74. The zero-order valence-corrected chi connectivity index (χ0v) is 16.0. The molecule has 2 aromatic carbocycles. The fourth-order valence-electron chi connectivity index (χ4n) is 3.23. The Morgan fingerprint density at radius 3 is 2.62 bits per heavy atom. The van der Waals surface area contributed by atoms with Gasteiger partial charge < -0.3 is 9.47 Å². The van der Waals surface area contributed by atoms with Crippen LogP contribution in [0.25, 0.3) is 0 Å². The van der Waals surface area contributed by atoms with E-state index in [4.69, 9.17) is 9.47 Å². The number of rotatable bonds is 4. The third-order valence-corrected chi connectivity index (χ3v) is 6.03. The van der Waals surface area contributed by atoms with Crippen molar-refractivity contribution < 1.29 is 22.3 Å². The molecule has 0 aliphatic carbocycles. The van der Waals surface area contributed by atoms with Crippen LogP contribution in [0.1, 0.15) is 37.4 Å². The van der Waals surface area contributed by atoms with Gasteiger partial charge in [0.2, 0.25) is 10.0 Å². The molecule has 0 aromatic heterocycles. The van der Waals surface area contributed by atoms with Crippen LogP contribution < -0.4 is 14.2 Å². The van der Waals surface area contributed by atoms with E-state index in [-0.39, 0.29) is 4.90 Å². The van der Waals surface area contributed by atoms with Crippen molar-refractivity contribution in [1.29, 1.82) is 0 Å². The Morgan fingerprint density at radius 1 is 1.23 bits per heavy atom. The summed E-state index contributed by atoms with van der Waals surface area (Å²) in [6.45, 7) is 5.39. The Hall–Kier alpha value is -2.12. The van der Waals surface area contributed by atoms with Crippen molar-refractivity contribution in [2.75, 3.05) is 7.11 Å². The average Bonchev–Trinajstić information content (AvgIpc) is 2.52. The molecule has 26 heavy (non-hydrogen) atoms. The van der Waals surface area contributed by atoms with Crippen LogP contribution in [0.15, 0.2) is 41.3 Å². The Labute approximate surface area is 153 Å². The fourth-order valence-corrected chi connectivity index (χ4v) is 4.67. The quantitative estimate of drug-likeness (QED) is 0.879. The van der Waals surface area contributed by atoms with Crippen molar-refractivity contribution in [3.05, 3.63) is 53.3 Å². The van der Waals surface area contributed by atoms with Gasteiger partial charge in [0.05, 0.1) is 18.0 Å². The number of fused-ring (bicyclic) bond motifs is 1. The van der Waals surface area contributed by atoms with Gasteiger partial charge in [0, 0.05) is 12.0 Å². The van der Waals surface area contributed by atoms with E-state index in [1.54, 1.807) is 32.2 Å². The highest BCUT2D eigenvalue weighted by molar-refractivity contribution is 7.89. The van der Waals surface area contributed by atoms with Crippen molar-refractivity contribution in [1.82, 2.24) is 4.72 Å². The standard InChI is InChI=1S/C19H22FNO4S/c1-12-9-13(20)5-8-18(12)26(22,23)21-16-11-19(2,3)25-17-7-6-14(24-4)10-15(16)17/h5-10,16,21H,11H2,1-4H3. The van der Waals surface area contributed by atoms with Crippen molar-refractivity contribution >= 4 is 10.0 Å². The molecule has 7 heteroatoms. The van der Waals surface area contributed by atoms with Crippen LogP contribution in [-0.2, 0) is 10.0 Å². The molecule has 0 radical (unpaired) electrons. The highest BCUT2D eigenvalue weighted by Crippen LogP contribution is 2.41.